The van der Waals surface area contributed by atoms with Gasteiger partial charge in [0.15, 0.2) is 0 Å². The molecule has 0 aliphatic heterocycles. The maximum absolute atomic E-state index is 12.3. The first-order valence-corrected chi connectivity index (χ1v) is 9.32. The highest BCUT2D eigenvalue weighted by atomic mass is 35.5. The largest absolute Gasteiger partial charge is 0.324 e. The van der Waals surface area contributed by atoms with Gasteiger partial charge >= 0.3 is 0 Å². The van der Waals surface area contributed by atoms with Crippen LogP contribution in [0.4, 0.5) is 5.69 Å². The van der Waals surface area contributed by atoms with E-state index in [2.05, 4.69) is 10.0 Å². The van der Waals surface area contributed by atoms with Crippen LogP contribution in [-0.2, 0) is 21.4 Å². The fourth-order valence-corrected chi connectivity index (χ4v) is 3.01. The summed E-state index contributed by atoms with van der Waals surface area (Å²) in [5, 5.41) is 2.85. The lowest BCUT2D eigenvalue weighted by atomic mass is 9.82. The number of hydrogen-bond donors (Lipinski definition) is 3. The summed E-state index contributed by atoms with van der Waals surface area (Å²) in [6, 6.07) is 7.06. The van der Waals surface area contributed by atoms with Gasteiger partial charge in [0.25, 0.3) is 0 Å². The van der Waals surface area contributed by atoms with Crippen molar-refractivity contribution in [1.82, 2.24) is 4.72 Å². The van der Waals surface area contributed by atoms with Crippen molar-refractivity contribution in [3.8, 4) is 0 Å². The molecule has 0 saturated heterocycles. The molecule has 0 spiro atoms. The van der Waals surface area contributed by atoms with Crippen LogP contribution in [0, 0.1) is 0 Å². The summed E-state index contributed by atoms with van der Waals surface area (Å²) in [7, 11) is -3.21. The summed E-state index contributed by atoms with van der Waals surface area (Å²) in [6.45, 7) is 0.230. The lowest BCUT2D eigenvalue weighted by Crippen LogP contribution is -2.52. The third-order valence-electron chi connectivity index (χ3n) is 3.95. The molecule has 1 aliphatic rings. The van der Waals surface area contributed by atoms with Crippen LogP contribution >= 0.6 is 12.4 Å². The zero-order valence-corrected chi connectivity index (χ0v) is 14.8. The lowest BCUT2D eigenvalue weighted by Gasteiger charge is -2.31. The van der Waals surface area contributed by atoms with Crippen LogP contribution < -0.4 is 15.8 Å². The number of carbonyl (C=O) groups is 1. The number of amides is 1. The molecular weight excluding hydrogens is 338 g/mol. The predicted molar refractivity (Wildman–Crippen MR) is 94.0 cm³/mol. The van der Waals surface area contributed by atoms with Crippen molar-refractivity contribution in [3.05, 3.63) is 29.8 Å². The van der Waals surface area contributed by atoms with E-state index in [1.165, 1.54) is 0 Å². The molecule has 2 rings (SSSR count). The van der Waals surface area contributed by atoms with Gasteiger partial charge in [0.1, 0.15) is 0 Å². The molecule has 0 bridgehead atoms. The highest BCUT2D eigenvalue weighted by Crippen LogP contribution is 2.27. The second-order valence-electron chi connectivity index (χ2n) is 5.96. The Bertz CT molecular complexity index is 626. The van der Waals surface area contributed by atoms with E-state index in [4.69, 9.17) is 5.73 Å². The van der Waals surface area contributed by atoms with Crippen molar-refractivity contribution in [3.63, 3.8) is 0 Å². The Morgan fingerprint density at radius 1 is 1.17 bits per heavy atom. The van der Waals surface area contributed by atoms with Gasteiger partial charge in [-0.25, -0.2) is 13.1 Å². The first-order valence-electron chi connectivity index (χ1n) is 7.42. The number of anilines is 1. The average molecular weight is 362 g/mol. The number of rotatable bonds is 5. The van der Waals surface area contributed by atoms with Crippen LogP contribution in [0.15, 0.2) is 24.3 Å². The van der Waals surface area contributed by atoms with E-state index >= 15 is 0 Å². The molecule has 1 aromatic rings. The lowest BCUT2D eigenvalue weighted by molar-refractivity contribution is -0.122. The summed E-state index contributed by atoms with van der Waals surface area (Å²) in [6.07, 6.45) is 5.66. The fraction of sp³-hybridized carbons (Fsp3) is 0.533. The van der Waals surface area contributed by atoms with E-state index in [0.29, 0.717) is 5.69 Å². The van der Waals surface area contributed by atoms with Gasteiger partial charge in [0.2, 0.25) is 15.9 Å². The van der Waals surface area contributed by atoms with Gasteiger partial charge in [-0.15, -0.1) is 12.4 Å². The Kier molecular flexibility index (Phi) is 7.01. The summed E-state index contributed by atoms with van der Waals surface area (Å²) in [4.78, 5) is 12.3. The Balaban J connectivity index is 0.00000264. The van der Waals surface area contributed by atoms with Gasteiger partial charge in [-0.1, -0.05) is 31.4 Å². The highest BCUT2D eigenvalue weighted by Gasteiger charge is 2.35. The van der Waals surface area contributed by atoms with Crippen LogP contribution in [0.2, 0.25) is 0 Å². The number of benzene rings is 1. The van der Waals surface area contributed by atoms with E-state index in [9.17, 15) is 13.2 Å². The molecule has 4 N–H and O–H groups in total. The van der Waals surface area contributed by atoms with Gasteiger partial charge in [-0.3, -0.25) is 4.79 Å². The zero-order valence-electron chi connectivity index (χ0n) is 13.2. The van der Waals surface area contributed by atoms with Gasteiger partial charge in [0.05, 0.1) is 11.8 Å². The maximum Gasteiger partial charge on any atom is 0.244 e. The molecule has 130 valence electrons. The Morgan fingerprint density at radius 3 is 2.26 bits per heavy atom. The number of halogens is 1. The second-order valence-corrected chi connectivity index (χ2v) is 7.79. The number of hydrogen-bond acceptors (Lipinski definition) is 4. The Hall–Kier alpha value is -1.15. The molecule has 0 radical (unpaired) electrons. The van der Waals surface area contributed by atoms with Gasteiger partial charge < -0.3 is 11.1 Å². The molecule has 1 aliphatic carbocycles. The quantitative estimate of drug-likeness (QED) is 0.743. The van der Waals surface area contributed by atoms with Crippen molar-refractivity contribution < 1.29 is 13.2 Å². The van der Waals surface area contributed by atoms with E-state index in [-0.39, 0.29) is 24.9 Å². The van der Waals surface area contributed by atoms with Crippen molar-refractivity contribution in [2.75, 3.05) is 11.6 Å². The average Bonchev–Trinajstić information content (AvgIpc) is 2.46. The summed E-state index contributed by atoms with van der Waals surface area (Å²) >= 11 is 0. The molecule has 0 atom stereocenters. The molecule has 1 amide bonds. The Morgan fingerprint density at radius 2 is 1.74 bits per heavy atom. The van der Waals surface area contributed by atoms with Gasteiger partial charge in [-0.2, -0.15) is 0 Å². The van der Waals surface area contributed by atoms with E-state index in [0.717, 1.165) is 43.9 Å². The SMILES string of the molecule is CS(=O)(=O)NCc1ccc(NC(=O)C2(N)CCCCC2)cc1.Cl. The van der Waals surface area contributed by atoms with Crippen molar-refractivity contribution >= 4 is 34.0 Å². The number of sulfonamides is 1. The van der Waals surface area contributed by atoms with Crippen LogP contribution in [0.3, 0.4) is 0 Å². The Labute approximate surface area is 143 Å². The van der Waals surface area contributed by atoms with Crippen LogP contribution in [-0.4, -0.2) is 26.1 Å². The molecule has 23 heavy (non-hydrogen) atoms. The van der Waals surface area contributed by atoms with Crippen LogP contribution in [0.25, 0.3) is 0 Å². The minimum atomic E-state index is -3.21. The molecule has 0 aromatic heterocycles. The third-order valence-corrected chi connectivity index (χ3v) is 4.62. The van der Waals surface area contributed by atoms with Crippen LogP contribution in [0.5, 0.6) is 0 Å². The smallest absolute Gasteiger partial charge is 0.244 e. The molecule has 1 saturated carbocycles. The van der Waals surface area contributed by atoms with Gasteiger partial charge in [0, 0.05) is 12.2 Å². The molecular formula is C15H24ClN3O3S. The first-order chi connectivity index (χ1) is 10.3. The first kappa shape index (κ1) is 19.9. The molecule has 1 aromatic carbocycles. The third kappa shape index (κ3) is 6.10. The van der Waals surface area contributed by atoms with E-state index in [1.807, 2.05) is 0 Å². The van der Waals surface area contributed by atoms with Crippen molar-refractivity contribution in [2.45, 2.75) is 44.2 Å². The number of nitrogens with two attached hydrogens (primary N) is 1. The molecule has 0 unspecified atom stereocenters. The van der Waals surface area contributed by atoms with E-state index < -0.39 is 15.6 Å². The maximum atomic E-state index is 12.3. The monoisotopic (exact) mass is 361 g/mol. The number of nitrogens with one attached hydrogen (secondary N) is 2. The van der Waals surface area contributed by atoms with Crippen molar-refractivity contribution in [1.29, 1.82) is 0 Å². The van der Waals surface area contributed by atoms with E-state index in [1.54, 1.807) is 24.3 Å². The predicted octanol–water partition coefficient (Wildman–Crippen LogP) is 1.76. The molecule has 8 heteroatoms. The normalized spacial score (nSPS) is 17.1. The summed E-state index contributed by atoms with van der Waals surface area (Å²) < 4.78 is 24.5. The minimum absolute atomic E-state index is 0. The summed E-state index contributed by atoms with van der Waals surface area (Å²) in [5.41, 5.74) is 6.91. The fourth-order valence-electron chi connectivity index (χ4n) is 2.59. The standard InChI is InChI=1S/C15H23N3O3S.ClH/c1-22(20,21)17-11-12-5-7-13(8-6-12)18-14(19)15(16)9-3-2-4-10-15;/h5-8,17H,2-4,9-11,16H2,1H3,(H,18,19);1H. The van der Waals surface area contributed by atoms with Gasteiger partial charge in [-0.05, 0) is 30.5 Å². The second kappa shape index (κ2) is 8.10. The highest BCUT2D eigenvalue weighted by molar-refractivity contribution is 7.88. The zero-order chi connectivity index (χ0) is 16.2. The molecule has 1 fully saturated rings. The minimum Gasteiger partial charge on any atom is -0.324 e. The van der Waals surface area contributed by atoms with Crippen LogP contribution in [0.1, 0.15) is 37.7 Å². The van der Waals surface area contributed by atoms with Crippen molar-refractivity contribution in [2.24, 2.45) is 5.73 Å². The molecule has 0 heterocycles. The topological polar surface area (TPSA) is 101 Å². The summed E-state index contributed by atoms with van der Waals surface area (Å²) in [5.74, 6) is -0.144. The number of carbonyl (C=O) groups excluding carboxylic acids is 1. The molecule has 6 nitrogen and oxygen atoms in total.